The summed E-state index contributed by atoms with van der Waals surface area (Å²) in [7, 11) is 0. The van der Waals surface area contributed by atoms with E-state index in [-0.39, 0.29) is 6.42 Å². The molecular weight excluding hydrogens is 222 g/mol. The van der Waals surface area contributed by atoms with E-state index in [0.29, 0.717) is 24.8 Å². The summed E-state index contributed by atoms with van der Waals surface area (Å²) < 4.78 is 23.9. The lowest BCUT2D eigenvalue weighted by molar-refractivity contribution is 0.135. The summed E-state index contributed by atoms with van der Waals surface area (Å²) in [5, 5.41) is 7.39. The smallest absolute Gasteiger partial charge is 0.238 e. The lowest BCUT2D eigenvalue weighted by atomic mass is 9.81. The molecule has 0 aromatic rings. The summed E-state index contributed by atoms with van der Waals surface area (Å²) in [6.45, 7) is 0. The van der Waals surface area contributed by atoms with Gasteiger partial charge in [-0.05, 0) is 50.0 Å². The molecule has 3 N–H and O–H groups in total. The van der Waals surface area contributed by atoms with Gasteiger partial charge in [-0.2, -0.15) is 0 Å². The van der Waals surface area contributed by atoms with Gasteiger partial charge in [0.15, 0.2) is 0 Å². The number of unbranched alkanes of at least 4 members (excludes halogenated alkanes) is 1. The molecule has 0 unspecified atom stereocenters. The number of hydrogen-bond donors (Lipinski definition) is 2. The zero-order valence-corrected chi connectivity index (χ0v) is 10.2. The van der Waals surface area contributed by atoms with Crippen LogP contribution in [0.25, 0.3) is 0 Å². The van der Waals surface area contributed by atoms with Crippen LogP contribution >= 0.6 is 0 Å². The molecule has 0 bridgehead atoms. The van der Waals surface area contributed by atoms with E-state index >= 15 is 0 Å². The van der Waals surface area contributed by atoms with Crippen molar-refractivity contribution in [2.45, 2.75) is 57.4 Å². The second-order valence-corrected chi connectivity index (χ2v) is 4.78. The highest BCUT2D eigenvalue weighted by Crippen LogP contribution is 2.28. The number of allylic oxidation sites excluding steroid dienone is 2. The van der Waals surface area contributed by atoms with Gasteiger partial charge in [-0.1, -0.05) is 6.08 Å². The minimum Gasteiger partial charge on any atom is -0.328 e. The monoisotopic (exact) mass is 244 g/mol. The van der Waals surface area contributed by atoms with Gasteiger partial charge in [0.1, 0.15) is 0 Å². The molecule has 0 amide bonds. The van der Waals surface area contributed by atoms with E-state index < -0.39 is 6.43 Å². The van der Waals surface area contributed by atoms with E-state index in [1.54, 1.807) is 0 Å². The fraction of sp³-hybridized carbons (Fsp3) is 0.769. The maximum atomic E-state index is 12.0. The lowest BCUT2D eigenvalue weighted by Gasteiger charge is -2.26. The minimum atomic E-state index is -2.21. The second-order valence-electron chi connectivity index (χ2n) is 4.78. The fourth-order valence-corrected chi connectivity index (χ4v) is 2.34. The number of halogens is 2. The van der Waals surface area contributed by atoms with Crippen LogP contribution in [0.3, 0.4) is 0 Å². The van der Waals surface area contributed by atoms with Gasteiger partial charge in [-0.3, -0.25) is 0 Å². The Hall–Kier alpha value is -0.770. The average molecular weight is 244 g/mol. The molecular formula is C13H22F2N2. The molecule has 1 fully saturated rings. The SMILES string of the molecule is N=C/C(=C\CCCC(F)F)C1CCC(N)CC1. The first-order chi connectivity index (χ1) is 8.13. The van der Waals surface area contributed by atoms with E-state index in [9.17, 15) is 8.78 Å². The van der Waals surface area contributed by atoms with Crippen LogP contribution in [-0.4, -0.2) is 18.7 Å². The Bertz CT molecular complexity index is 256. The van der Waals surface area contributed by atoms with Crippen LogP contribution in [0.4, 0.5) is 8.78 Å². The third kappa shape index (κ3) is 5.39. The van der Waals surface area contributed by atoms with Crippen LogP contribution in [0.5, 0.6) is 0 Å². The third-order valence-corrected chi connectivity index (χ3v) is 3.42. The molecule has 4 heteroatoms. The van der Waals surface area contributed by atoms with Gasteiger partial charge in [0.25, 0.3) is 0 Å². The molecule has 0 heterocycles. The van der Waals surface area contributed by atoms with Crippen molar-refractivity contribution in [3.8, 4) is 0 Å². The largest absolute Gasteiger partial charge is 0.328 e. The van der Waals surface area contributed by atoms with Gasteiger partial charge in [-0.25, -0.2) is 8.78 Å². The Balaban J connectivity index is 2.36. The van der Waals surface area contributed by atoms with Crippen molar-refractivity contribution in [2.24, 2.45) is 11.7 Å². The van der Waals surface area contributed by atoms with Gasteiger partial charge in [0.05, 0.1) is 0 Å². The Morgan fingerprint density at radius 1 is 1.29 bits per heavy atom. The fourth-order valence-electron chi connectivity index (χ4n) is 2.34. The van der Waals surface area contributed by atoms with Gasteiger partial charge in [0, 0.05) is 18.7 Å². The zero-order chi connectivity index (χ0) is 12.7. The van der Waals surface area contributed by atoms with Crippen molar-refractivity contribution >= 4 is 6.21 Å². The first-order valence-electron chi connectivity index (χ1n) is 6.37. The zero-order valence-electron chi connectivity index (χ0n) is 10.2. The van der Waals surface area contributed by atoms with Crippen molar-refractivity contribution < 1.29 is 8.78 Å². The number of nitrogens with two attached hydrogens (primary N) is 1. The normalized spacial score (nSPS) is 26.2. The molecule has 0 radical (unpaired) electrons. The first kappa shape index (κ1) is 14.3. The summed E-state index contributed by atoms with van der Waals surface area (Å²) >= 11 is 0. The van der Waals surface area contributed by atoms with Crippen LogP contribution < -0.4 is 5.73 Å². The molecule has 0 spiro atoms. The summed E-state index contributed by atoms with van der Waals surface area (Å²) in [6, 6.07) is 0.303. The highest BCUT2D eigenvalue weighted by molar-refractivity contribution is 5.76. The summed E-state index contributed by atoms with van der Waals surface area (Å²) in [4.78, 5) is 0. The van der Waals surface area contributed by atoms with Gasteiger partial charge in [-0.15, -0.1) is 0 Å². The lowest BCUT2D eigenvalue weighted by Crippen LogP contribution is -2.27. The van der Waals surface area contributed by atoms with E-state index in [0.717, 1.165) is 31.3 Å². The topological polar surface area (TPSA) is 49.9 Å². The molecule has 1 saturated carbocycles. The molecule has 1 rings (SSSR count). The molecule has 17 heavy (non-hydrogen) atoms. The molecule has 0 aromatic heterocycles. The van der Waals surface area contributed by atoms with Crippen LogP contribution in [0.15, 0.2) is 11.6 Å². The Morgan fingerprint density at radius 2 is 1.94 bits per heavy atom. The van der Waals surface area contributed by atoms with Crippen molar-refractivity contribution in [3.05, 3.63) is 11.6 Å². The molecule has 0 aromatic carbocycles. The van der Waals surface area contributed by atoms with Crippen LogP contribution in [0.2, 0.25) is 0 Å². The highest BCUT2D eigenvalue weighted by atomic mass is 19.3. The molecule has 0 atom stereocenters. The number of rotatable bonds is 6. The standard InChI is InChI=1S/C13H22F2N2/c14-13(15)4-2-1-3-11(9-16)10-5-7-12(17)8-6-10/h3,9-10,12-13,16H,1-2,4-8,17H2/b11-3+,16-9?. The van der Waals surface area contributed by atoms with Gasteiger partial charge in [0.2, 0.25) is 6.43 Å². The third-order valence-electron chi connectivity index (χ3n) is 3.42. The summed E-state index contributed by atoms with van der Waals surface area (Å²) in [5.74, 6) is 0.416. The van der Waals surface area contributed by atoms with Gasteiger partial charge >= 0.3 is 0 Å². The van der Waals surface area contributed by atoms with Gasteiger partial charge < -0.3 is 11.1 Å². The summed E-state index contributed by atoms with van der Waals surface area (Å²) in [6.07, 6.45) is 6.30. The second kappa shape index (κ2) is 7.54. The molecule has 0 aliphatic heterocycles. The highest BCUT2D eigenvalue weighted by Gasteiger charge is 2.20. The quantitative estimate of drug-likeness (QED) is 0.545. The maximum Gasteiger partial charge on any atom is 0.238 e. The molecule has 1 aliphatic rings. The number of hydrogen-bond acceptors (Lipinski definition) is 2. The maximum absolute atomic E-state index is 12.0. The molecule has 98 valence electrons. The molecule has 0 saturated heterocycles. The van der Waals surface area contributed by atoms with E-state index in [1.807, 2.05) is 6.08 Å². The Kier molecular flexibility index (Phi) is 6.34. The average Bonchev–Trinajstić information content (AvgIpc) is 2.30. The number of nitrogens with one attached hydrogen (secondary N) is 1. The predicted molar refractivity (Wildman–Crippen MR) is 66.7 cm³/mol. The minimum absolute atomic E-state index is 0.0443. The summed E-state index contributed by atoms with van der Waals surface area (Å²) in [5.41, 5.74) is 6.84. The van der Waals surface area contributed by atoms with Crippen LogP contribution in [0.1, 0.15) is 44.9 Å². The first-order valence-corrected chi connectivity index (χ1v) is 6.37. The van der Waals surface area contributed by atoms with Crippen molar-refractivity contribution in [1.82, 2.24) is 0 Å². The molecule has 2 nitrogen and oxygen atoms in total. The van der Waals surface area contributed by atoms with Crippen LogP contribution in [0, 0.1) is 11.3 Å². The number of alkyl halides is 2. The van der Waals surface area contributed by atoms with Crippen molar-refractivity contribution in [3.63, 3.8) is 0 Å². The van der Waals surface area contributed by atoms with Crippen molar-refractivity contribution in [2.75, 3.05) is 0 Å². The molecule has 1 aliphatic carbocycles. The van der Waals surface area contributed by atoms with E-state index in [4.69, 9.17) is 11.1 Å². The predicted octanol–water partition coefficient (Wildman–Crippen LogP) is 3.52. The van der Waals surface area contributed by atoms with E-state index in [2.05, 4.69) is 0 Å². The van der Waals surface area contributed by atoms with E-state index in [1.165, 1.54) is 6.21 Å². The Morgan fingerprint density at radius 3 is 2.47 bits per heavy atom. The van der Waals surface area contributed by atoms with Crippen molar-refractivity contribution in [1.29, 1.82) is 5.41 Å². The van der Waals surface area contributed by atoms with Crippen LogP contribution in [-0.2, 0) is 0 Å². The Labute approximate surface area is 102 Å².